The molecule has 0 saturated carbocycles. The van der Waals surface area contributed by atoms with Crippen LogP contribution in [0.25, 0.3) is 0 Å². The molecular formula is C11H17NO5Si. The van der Waals surface area contributed by atoms with Gasteiger partial charge in [0.2, 0.25) is 0 Å². The fourth-order valence-corrected chi connectivity index (χ4v) is 3.35. The van der Waals surface area contributed by atoms with Crippen LogP contribution in [0.2, 0.25) is 6.04 Å². The maximum absolute atomic E-state index is 10.5. The number of hydrogen-bond acceptors (Lipinski definition) is 5. The Kier molecular flexibility index (Phi) is 5.42. The van der Waals surface area contributed by atoms with Gasteiger partial charge in [-0.05, 0) is 12.0 Å². The van der Waals surface area contributed by atoms with Crippen LogP contribution in [-0.2, 0) is 19.7 Å². The minimum atomic E-state index is -2.57. The van der Waals surface area contributed by atoms with Crippen molar-refractivity contribution in [2.24, 2.45) is 0 Å². The van der Waals surface area contributed by atoms with Gasteiger partial charge >= 0.3 is 8.80 Å². The Morgan fingerprint density at radius 1 is 1.11 bits per heavy atom. The third kappa shape index (κ3) is 3.60. The summed E-state index contributed by atoms with van der Waals surface area (Å²) in [5, 5.41) is 10.5. The Balaban J connectivity index is 2.65. The molecule has 0 bridgehead atoms. The van der Waals surface area contributed by atoms with E-state index in [2.05, 4.69) is 0 Å². The summed E-state index contributed by atoms with van der Waals surface area (Å²) in [7, 11) is 2.12. The van der Waals surface area contributed by atoms with E-state index >= 15 is 0 Å². The highest BCUT2D eigenvalue weighted by molar-refractivity contribution is 6.60. The lowest BCUT2D eigenvalue weighted by Crippen LogP contribution is -2.43. The molecule has 0 heterocycles. The number of rotatable bonds is 7. The minimum Gasteiger partial charge on any atom is -0.377 e. The van der Waals surface area contributed by atoms with Crippen LogP contribution in [0, 0.1) is 10.1 Å². The summed E-state index contributed by atoms with van der Waals surface area (Å²) in [6.45, 7) is 0. The van der Waals surface area contributed by atoms with Crippen LogP contribution in [0.1, 0.15) is 5.56 Å². The molecule has 0 aliphatic rings. The summed E-state index contributed by atoms with van der Waals surface area (Å²) in [5.41, 5.74) is 1.08. The van der Waals surface area contributed by atoms with Gasteiger partial charge in [0.25, 0.3) is 5.69 Å². The first-order valence-electron chi connectivity index (χ1n) is 5.45. The highest BCUT2D eigenvalue weighted by Crippen LogP contribution is 2.18. The Morgan fingerprint density at radius 3 is 2.00 bits per heavy atom. The highest BCUT2D eigenvalue weighted by Gasteiger charge is 2.37. The molecule has 1 rings (SSSR count). The summed E-state index contributed by atoms with van der Waals surface area (Å²) >= 11 is 0. The van der Waals surface area contributed by atoms with Crippen LogP contribution in [0.5, 0.6) is 0 Å². The average Bonchev–Trinajstić information content (AvgIpc) is 2.41. The van der Waals surface area contributed by atoms with Crippen molar-refractivity contribution in [3.8, 4) is 0 Å². The van der Waals surface area contributed by atoms with Crippen LogP contribution in [-0.4, -0.2) is 35.1 Å². The van der Waals surface area contributed by atoms with Crippen molar-refractivity contribution in [1.82, 2.24) is 0 Å². The smallest absolute Gasteiger partial charge is 0.377 e. The van der Waals surface area contributed by atoms with Crippen LogP contribution < -0.4 is 0 Å². The first-order chi connectivity index (χ1) is 8.56. The number of hydrogen-bond donors (Lipinski definition) is 0. The number of benzene rings is 1. The quantitative estimate of drug-likeness (QED) is 0.431. The molecule has 6 nitrogen and oxygen atoms in total. The van der Waals surface area contributed by atoms with Gasteiger partial charge in [0.05, 0.1) is 4.92 Å². The molecule has 0 amide bonds. The van der Waals surface area contributed by atoms with E-state index in [9.17, 15) is 10.1 Å². The second-order valence-corrected chi connectivity index (χ2v) is 6.81. The number of nitrogens with zero attached hydrogens (tertiary/aromatic N) is 1. The molecular weight excluding hydrogens is 254 g/mol. The zero-order chi connectivity index (χ0) is 13.6. The largest absolute Gasteiger partial charge is 0.500 e. The molecule has 0 fully saturated rings. The molecule has 0 radical (unpaired) electrons. The fourth-order valence-electron chi connectivity index (χ4n) is 1.64. The van der Waals surface area contributed by atoms with E-state index in [4.69, 9.17) is 13.3 Å². The lowest BCUT2D eigenvalue weighted by molar-refractivity contribution is -0.384. The molecule has 18 heavy (non-hydrogen) atoms. The van der Waals surface area contributed by atoms with Gasteiger partial charge in [-0.15, -0.1) is 0 Å². The zero-order valence-corrected chi connectivity index (χ0v) is 11.7. The van der Waals surface area contributed by atoms with Gasteiger partial charge in [-0.2, -0.15) is 0 Å². The topological polar surface area (TPSA) is 70.8 Å². The van der Waals surface area contributed by atoms with Gasteiger partial charge in [0.1, 0.15) is 0 Å². The summed E-state index contributed by atoms with van der Waals surface area (Å²) < 4.78 is 15.9. The van der Waals surface area contributed by atoms with Crippen LogP contribution in [0.4, 0.5) is 5.69 Å². The van der Waals surface area contributed by atoms with Crippen LogP contribution in [0.15, 0.2) is 24.3 Å². The molecule has 0 aliphatic heterocycles. The lowest BCUT2D eigenvalue weighted by atomic mass is 10.1. The molecule has 7 heteroatoms. The molecule has 0 unspecified atom stereocenters. The van der Waals surface area contributed by atoms with Crippen molar-refractivity contribution in [3.05, 3.63) is 39.9 Å². The van der Waals surface area contributed by atoms with E-state index in [-0.39, 0.29) is 5.69 Å². The zero-order valence-electron chi connectivity index (χ0n) is 10.7. The van der Waals surface area contributed by atoms with Crippen molar-refractivity contribution >= 4 is 14.5 Å². The van der Waals surface area contributed by atoms with E-state index in [1.165, 1.54) is 12.1 Å². The van der Waals surface area contributed by atoms with Gasteiger partial charge in [0.15, 0.2) is 0 Å². The SMILES string of the molecule is CO[Si](CCc1ccc([N+](=O)[O-])cc1)(OC)OC. The predicted molar refractivity (Wildman–Crippen MR) is 68.4 cm³/mol. The summed E-state index contributed by atoms with van der Waals surface area (Å²) in [6.07, 6.45) is 0.694. The molecule has 0 spiro atoms. The fraction of sp³-hybridized carbons (Fsp3) is 0.455. The van der Waals surface area contributed by atoms with E-state index in [1.807, 2.05) is 0 Å². The van der Waals surface area contributed by atoms with Crippen molar-refractivity contribution in [2.75, 3.05) is 21.3 Å². The molecule has 0 saturated heterocycles. The Morgan fingerprint density at radius 2 is 1.61 bits per heavy atom. The number of aryl methyl sites for hydroxylation is 1. The van der Waals surface area contributed by atoms with E-state index < -0.39 is 13.7 Å². The monoisotopic (exact) mass is 271 g/mol. The Bertz CT molecular complexity index is 383. The average molecular weight is 271 g/mol. The first kappa shape index (κ1) is 14.8. The predicted octanol–water partition coefficient (Wildman–Crippen LogP) is 2.02. The van der Waals surface area contributed by atoms with Crippen LogP contribution in [0.3, 0.4) is 0 Å². The van der Waals surface area contributed by atoms with E-state index in [1.54, 1.807) is 33.5 Å². The second-order valence-electron chi connectivity index (χ2n) is 3.72. The third-order valence-corrected chi connectivity index (χ3v) is 5.53. The van der Waals surface area contributed by atoms with Crippen molar-refractivity contribution in [3.63, 3.8) is 0 Å². The molecule has 0 aromatic heterocycles. The number of nitro groups is 1. The van der Waals surface area contributed by atoms with Crippen LogP contribution >= 0.6 is 0 Å². The second kappa shape index (κ2) is 6.60. The molecule has 0 N–H and O–H groups in total. The highest BCUT2D eigenvalue weighted by atomic mass is 28.4. The van der Waals surface area contributed by atoms with E-state index in [0.717, 1.165) is 5.56 Å². The molecule has 100 valence electrons. The van der Waals surface area contributed by atoms with Gasteiger partial charge in [-0.1, -0.05) is 12.1 Å². The maximum atomic E-state index is 10.5. The molecule has 0 aliphatic carbocycles. The van der Waals surface area contributed by atoms with Crippen molar-refractivity contribution in [2.45, 2.75) is 12.5 Å². The molecule has 0 atom stereocenters. The maximum Gasteiger partial charge on any atom is 0.500 e. The molecule has 1 aromatic carbocycles. The van der Waals surface area contributed by atoms with Gasteiger partial charge < -0.3 is 13.3 Å². The summed E-state index contributed by atoms with van der Waals surface area (Å²) in [4.78, 5) is 10.1. The van der Waals surface area contributed by atoms with Crippen molar-refractivity contribution in [1.29, 1.82) is 0 Å². The standard InChI is InChI=1S/C11H17NO5Si/c1-15-18(16-2,17-3)9-8-10-4-6-11(7-5-10)12(13)14/h4-7H,8-9H2,1-3H3. The number of non-ortho nitro benzene ring substituents is 1. The number of nitro benzene ring substituents is 1. The summed E-state index contributed by atoms with van der Waals surface area (Å²) in [6, 6.07) is 7.08. The van der Waals surface area contributed by atoms with Gasteiger partial charge in [-0.3, -0.25) is 10.1 Å². The first-order valence-corrected chi connectivity index (χ1v) is 7.39. The Labute approximate surface area is 107 Å². The van der Waals surface area contributed by atoms with Gasteiger partial charge in [0, 0.05) is 39.5 Å². The third-order valence-electron chi connectivity index (χ3n) is 2.80. The van der Waals surface area contributed by atoms with Gasteiger partial charge in [-0.25, -0.2) is 0 Å². The normalized spacial score (nSPS) is 11.5. The minimum absolute atomic E-state index is 0.0903. The molecule has 1 aromatic rings. The Hall–Kier alpha value is -1.28. The summed E-state index contributed by atoms with van der Waals surface area (Å²) in [5.74, 6) is 0. The van der Waals surface area contributed by atoms with E-state index in [0.29, 0.717) is 12.5 Å². The van der Waals surface area contributed by atoms with Crippen molar-refractivity contribution < 1.29 is 18.2 Å². The lowest BCUT2D eigenvalue weighted by Gasteiger charge is -2.24.